The van der Waals surface area contributed by atoms with Gasteiger partial charge in [0, 0.05) is 32.7 Å². The zero-order valence-corrected chi connectivity index (χ0v) is 18.5. The molecule has 2 unspecified atom stereocenters. The zero-order chi connectivity index (χ0) is 21.8. The Labute approximate surface area is 190 Å². The lowest BCUT2D eigenvalue weighted by Crippen LogP contribution is -2.57. The van der Waals surface area contributed by atoms with Crippen LogP contribution < -0.4 is 15.8 Å². The van der Waals surface area contributed by atoms with Gasteiger partial charge in [-0.05, 0) is 12.8 Å². The largest absolute Gasteiger partial charge is 0.372 e. The van der Waals surface area contributed by atoms with Crippen LogP contribution in [0.3, 0.4) is 0 Å². The highest BCUT2D eigenvalue weighted by molar-refractivity contribution is 6.31. The first kappa shape index (κ1) is 22.5. The van der Waals surface area contributed by atoms with E-state index < -0.39 is 11.5 Å². The predicted octanol–water partition coefficient (Wildman–Crippen LogP) is 0.343. The fraction of sp³-hybridized carbons (Fsp3) is 0.684. The first-order chi connectivity index (χ1) is 15.0. The number of rotatable bonds is 6. The number of halogens is 2. The summed E-state index contributed by atoms with van der Waals surface area (Å²) >= 11 is 11.9. The van der Waals surface area contributed by atoms with Gasteiger partial charge >= 0.3 is 0 Å². The molecule has 3 saturated heterocycles. The summed E-state index contributed by atoms with van der Waals surface area (Å²) in [6.45, 7) is 3.40. The molecule has 0 saturated carbocycles. The molecule has 0 aromatic carbocycles. The molecule has 1 aromatic heterocycles. The highest BCUT2D eigenvalue weighted by Gasteiger charge is 2.34. The maximum atomic E-state index is 12.7. The van der Waals surface area contributed by atoms with E-state index in [1.54, 1.807) is 12.4 Å². The molecule has 0 bridgehead atoms. The van der Waals surface area contributed by atoms with Gasteiger partial charge in [0.2, 0.25) is 11.9 Å². The lowest BCUT2D eigenvalue weighted by atomic mass is 10.1. The van der Waals surface area contributed by atoms with Crippen molar-refractivity contribution in [2.24, 2.45) is 0 Å². The van der Waals surface area contributed by atoms with Gasteiger partial charge in [-0.1, -0.05) is 11.6 Å². The van der Waals surface area contributed by atoms with Gasteiger partial charge in [-0.15, -0.1) is 11.6 Å². The molecule has 4 heterocycles. The predicted molar refractivity (Wildman–Crippen MR) is 114 cm³/mol. The molecule has 170 valence electrons. The summed E-state index contributed by atoms with van der Waals surface area (Å²) in [6, 6.07) is 0. The van der Waals surface area contributed by atoms with Gasteiger partial charge in [0.25, 0.3) is 5.91 Å². The van der Waals surface area contributed by atoms with Gasteiger partial charge in [-0.3, -0.25) is 15.0 Å². The van der Waals surface area contributed by atoms with Crippen LogP contribution >= 0.6 is 23.2 Å². The highest BCUT2D eigenvalue weighted by atomic mass is 35.5. The number of nitrogens with one attached hydrogen (secondary N) is 2. The number of aromatic nitrogens is 2. The van der Waals surface area contributed by atoms with Crippen molar-refractivity contribution in [2.45, 2.75) is 43.0 Å². The van der Waals surface area contributed by atoms with Crippen LogP contribution in [0.1, 0.15) is 19.3 Å². The number of alkyl halides is 1. The molecule has 4 rings (SSSR count). The highest BCUT2D eigenvalue weighted by Crippen LogP contribution is 2.24. The van der Waals surface area contributed by atoms with E-state index in [9.17, 15) is 9.59 Å². The fourth-order valence-electron chi connectivity index (χ4n) is 3.96. The van der Waals surface area contributed by atoms with E-state index >= 15 is 0 Å². The molecule has 0 aliphatic carbocycles. The van der Waals surface area contributed by atoms with Crippen molar-refractivity contribution < 1.29 is 19.1 Å². The topological polar surface area (TPSA) is 109 Å². The van der Waals surface area contributed by atoms with Crippen LogP contribution in [-0.2, 0) is 19.1 Å². The van der Waals surface area contributed by atoms with Crippen LogP contribution in [0.4, 0.5) is 5.95 Å². The Balaban J connectivity index is 1.17. The number of ether oxygens (including phenoxy) is 2. The third-order valence-corrected chi connectivity index (χ3v) is 6.38. The average Bonchev–Trinajstić information content (AvgIpc) is 3.22. The molecular formula is C19H26Cl2N6O4. The van der Waals surface area contributed by atoms with Gasteiger partial charge in [0.05, 0.1) is 48.8 Å². The van der Waals surface area contributed by atoms with E-state index in [1.807, 2.05) is 9.80 Å². The molecular weight excluding hydrogens is 447 g/mol. The van der Waals surface area contributed by atoms with Crippen LogP contribution in [0.25, 0.3) is 0 Å². The van der Waals surface area contributed by atoms with Crippen LogP contribution in [0.5, 0.6) is 0 Å². The first-order valence-electron chi connectivity index (χ1n) is 10.4. The van der Waals surface area contributed by atoms with E-state index in [0.29, 0.717) is 56.7 Å². The summed E-state index contributed by atoms with van der Waals surface area (Å²) in [5.74, 6) is 0.428. The molecule has 4 atom stereocenters. The van der Waals surface area contributed by atoms with Crippen molar-refractivity contribution in [3.63, 3.8) is 0 Å². The zero-order valence-electron chi connectivity index (χ0n) is 17.0. The minimum absolute atomic E-state index is 0.0921. The maximum Gasteiger partial charge on any atom is 0.254 e. The van der Waals surface area contributed by atoms with E-state index in [4.69, 9.17) is 32.7 Å². The lowest BCUT2D eigenvalue weighted by molar-refractivity contribution is -0.136. The van der Waals surface area contributed by atoms with Gasteiger partial charge in [0.1, 0.15) is 5.38 Å². The van der Waals surface area contributed by atoms with Gasteiger partial charge in [-0.2, -0.15) is 0 Å². The van der Waals surface area contributed by atoms with Gasteiger partial charge < -0.3 is 19.3 Å². The number of hydrogen-bond acceptors (Lipinski definition) is 8. The summed E-state index contributed by atoms with van der Waals surface area (Å²) in [4.78, 5) is 36.7. The Morgan fingerprint density at radius 3 is 2.65 bits per heavy atom. The van der Waals surface area contributed by atoms with Crippen molar-refractivity contribution in [3.8, 4) is 0 Å². The molecule has 10 nitrogen and oxygen atoms in total. The molecule has 3 aliphatic heterocycles. The number of carbonyl (C=O) groups excluding carboxylic acids is 2. The molecule has 3 fully saturated rings. The summed E-state index contributed by atoms with van der Waals surface area (Å²) < 4.78 is 11.8. The second kappa shape index (κ2) is 10.3. The third kappa shape index (κ3) is 5.75. The lowest BCUT2D eigenvalue weighted by Gasteiger charge is -2.35. The SMILES string of the molecule is O=C1NNCC(OC[C@H]2CC[C@@H](CC(=O)N3CCN(c4ncc(Cl)cn4)CC3)O2)C1Cl. The summed E-state index contributed by atoms with van der Waals surface area (Å²) in [5, 5.41) is -0.224. The average molecular weight is 473 g/mol. The minimum atomic E-state index is -0.725. The van der Waals surface area contributed by atoms with Crippen molar-refractivity contribution in [3.05, 3.63) is 17.4 Å². The monoisotopic (exact) mass is 472 g/mol. The number of amides is 2. The number of piperazine rings is 1. The Hall–Kier alpha value is -1.72. The number of hydrogen-bond donors (Lipinski definition) is 2. The molecule has 2 amide bonds. The van der Waals surface area contributed by atoms with Crippen molar-refractivity contribution in [1.82, 2.24) is 25.7 Å². The van der Waals surface area contributed by atoms with Crippen molar-refractivity contribution in [1.29, 1.82) is 0 Å². The standard InChI is InChI=1S/C19H26Cl2N6O4/c20-12-8-22-19(23-9-12)27-5-3-26(4-6-27)16(28)7-13-1-2-14(31-13)11-30-15-10-24-25-18(29)17(15)21/h8-9,13-15,17,24H,1-7,10-11H2,(H,25,29)/t13-,14+,15?,17?/m0/s1. The summed E-state index contributed by atoms with van der Waals surface area (Å²) in [7, 11) is 0. The first-order valence-corrected chi connectivity index (χ1v) is 11.2. The number of carbonyl (C=O) groups is 2. The van der Waals surface area contributed by atoms with Crippen molar-refractivity contribution >= 4 is 41.0 Å². The van der Waals surface area contributed by atoms with Crippen molar-refractivity contribution in [2.75, 3.05) is 44.2 Å². The van der Waals surface area contributed by atoms with E-state index in [2.05, 4.69) is 20.8 Å². The third-order valence-electron chi connectivity index (χ3n) is 5.71. The molecule has 2 N–H and O–H groups in total. The molecule has 0 radical (unpaired) electrons. The van der Waals surface area contributed by atoms with Gasteiger partial charge in [-0.25, -0.2) is 15.4 Å². The minimum Gasteiger partial charge on any atom is -0.372 e. The molecule has 3 aliphatic rings. The number of anilines is 1. The van der Waals surface area contributed by atoms with Crippen LogP contribution in [0.2, 0.25) is 5.02 Å². The molecule has 31 heavy (non-hydrogen) atoms. The Kier molecular flexibility index (Phi) is 7.44. The van der Waals surface area contributed by atoms with Crippen LogP contribution in [0.15, 0.2) is 12.4 Å². The normalized spacial score (nSPS) is 29.2. The second-order valence-electron chi connectivity index (χ2n) is 7.87. The van der Waals surface area contributed by atoms with Crippen LogP contribution in [-0.4, -0.2) is 89.7 Å². The second-order valence-corrected chi connectivity index (χ2v) is 8.78. The summed E-state index contributed by atoms with van der Waals surface area (Å²) in [5.41, 5.74) is 5.23. The fourth-order valence-corrected chi connectivity index (χ4v) is 4.27. The quantitative estimate of drug-likeness (QED) is 0.570. The molecule has 12 heteroatoms. The maximum absolute atomic E-state index is 12.7. The smallest absolute Gasteiger partial charge is 0.254 e. The Bertz CT molecular complexity index is 777. The molecule has 1 aromatic rings. The van der Waals surface area contributed by atoms with E-state index in [1.165, 1.54) is 0 Å². The number of nitrogens with zero attached hydrogens (tertiary/aromatic N) is 4. The number of hydrazine groups is 1. The summed E-state index contributed by atoms with van der Waals surface area (Å²) in [6.07, 6.45) is 4.53. The molecule has 0 spiro atoms. The van der Waals surface area contributed by atoms with E-state index in [0.717, 1.165) is 12.8 Å². The van der Waals surface area contributed by atoms with E-state index in [-0.39, 0.29) is 24.0 Å². The van der Waals surface area contributed by atoms with Crippen LogP contribution in [0, 0.1) is 0 Å². The Morgan fingerprint density at radius 2 is 1.90 bits per heavy atom. The Morgan fingerprint density at radius 1 is 1.19 bits per heavy atom. The van der Waals surface area contributed by atoms with Gasteiger partial charge in [0.15, 0.2) is 0 Å².